The first-order valence-electron chi connectivity index (χ1n) is 9.00. The predicted molar refractivity (Wildman–Crippen MR) is 111 cm³/mol. The number of halogens is 3. The third-order valence-corrected chi connectivity index (χ3v) is 5.78. The Bertz CT molecular complexity index is 1240. The Labute approximate surface area is 177 Å². The van der Waals surface area contributed by atoms with Gasteiger partial charge in [-0.15, -0.1) is 0 Å². The highest BCUT2D eigenvalue weighted by Gasteiger charge is 2.37. The van der Waals surface area contributed by atoms with E-state index in [0.717, 1.165) is 18.2 Å². The maximum Gasteiger partial charge on any atom is 0.417 e. The molecule has 1 amide bonds. The third kappa shape index (κ3) is 5.21. The maximum absolute atomic E-state index is 13.3. The van der Waals surface area contributed by atoms with Crippen molar-refractivity contribution in [3.63, 3.8) is 0 Å². The molecule has 2 aromatic carbocycles. The van der Waals surface area contributed by atoms with Crippen LogP contribution in [0.1, 0.15) is 18.1 Å². The van der Waals surface area contributed by atoms with Crippen molar-refractivity contribution < 1.29 is 26.4 Å². The average molecular weight is 449 g/mol. The lowest BCUT2D eigenvalue weighted by molar-refractivity contribution is -0.139. The van der Waals surface area contributed by atoms with Gasteiger partial charge in [0.25, 0.3) is 10.0 Å². The summed E-state index contributed by atoms with van der Waals surface area (Å²) in [6.07, 6.45) is -1.85. The van der Waals surface area contributed by atoms with Crippen LogP contribution in [0.4, 0.5) is 24.5 Å². The van der Waals surface area contributed by atoms with Crippen LogP contribution in [0.25, 0.3) is 11.1 Å². The first kappa shape index (κ1) is 22.3. The number of carbonyl (C=O) groups excluding carboxylic acids is 1. The van der Waals surface area contributed by atoms with Crippen LogP contribution in [0.5, 0.6) is 0 Å². The molecule has 1 heterocycles. The minimum Gasteiger partial charge on any atom is -0.325 e. The molecule has 0 spiro atoms. The number of amides is 1. The predicted octanol–water partition coefficient (Wildman–Crippen LogP) is 4.84. The molecule has 0 radical (unpaired) electrons. The molecule has 10 heteroatoms. The van der Waals surface area contributed by atoms with E-state index in [4.69, 9.17) is 0 Å². The fourth-order valence-electron chi connectivity index (χ4n) is 2.92. The number of hydrogen-bond acceptors (Lipinski definition) is 4. The highest BCUT2D eigenvalue weighted by molar-refractivity contribution is 7.92. The van der Waals surface area contributed by atoms with Gasteiger partial charge in [-0.3, -0.25) is 14.5 Å². The van der Waals surface area contributed by atoms with Gasteiger partial charge < -0.3 is 5.32 Å². The summed E-state index contributed by atoms with van der Waals surface area (Å²) in [6.45, 7) is 2.98. The van der Waals surface area contributed by atoms with Gasteiger partial charge in [0.2, 0.25) is 5.91 Å². The SMILES string of the molecule is CC(=O)Nc1cncc(-c2ccc(C)c(NS(=O)(=O)c3ccccc3C(F)(F)F)c2)c1. The lowest BCUT2D eigenvalue weighted by atomic mass is 10.0. The lowest BCUT2D eigenvalue weighted by Gasteiger charge is -2.16. The van der Waals surface area contributed by atoms with Crippen LogP contribution >= 0.6 is 0 Å². The number of pyridine rings is 1. The largest absolute Gasteiger partial charge is 0.417 e. The van der Waals surface area contributed by atoms with Crippen molar-refractivity contribution in [1.82, 2.24) is 4.98 Å². The summed E-state index contributed by atoms with van der Waals surface area (Å²) in [5.41, 5.74) is 0.993. The Morgan fingerprint density at radius 1 is 1.00 bits per heavy atom. The summed E-state index contributed by atoms with van der Waals surface area (Å²) in [5, 5.41) is 2.60. The maximum atomic E-state index is 13.3. The van der Waals surface area contributed by atoms with Crippen LogP contribution in [0.15, 0.2) is 65.8 Å². The molecule has 1 aromatic heterocycles. The molecule has 0 fully saturated rings. The van der Waals surface area contributed by atoms with Crippen molar-refractivity contribution >= 4 is 27.3 Å². The summed E-state index contributed by atoms with van der Waals surface area (Å²) in [7, 11) is -4.52. The Hall–Kier alpha value is -3.40. The topological polar surface area (TPSA) is 88.2 Å². The van der Waals surface area contributed by atoms with Crippen molar-refractivity contribution in [1.29, 1.82) is 0 Å². The minimum atomic E-state index is -4.82. The van der Waals surface area contributed by atoms with Gasteiger partial charge >= 0.3 is 6.18 Å². The van der Waals surface area contributed by atoms with Crippen LogP contribution in [0, 0.1) is 6.92 Å². The van der Waals surface area contributed by atoms with Crippen LogP contribution in [-0.2, 0) is 21.0 Å². The standard InChI is InChI=1S/C21H18F3N3O3S/c1-13-7-8-15(16-9-17(12-25-11-16)26-14(2)28)10-19(13)27-31(29,30)20-6-4-3-5-18(20)21(22,23)24/h3-12,27H,1-2H3,(H,26,28). The molecule has 0 aliphatic heterocycles. The van der Waals surface area contributed by atoms with E-state index < -0.39 is 26.7 Å². The van der Waals surface area contributed by atoms with E-state index in [1.165, 1.54) is 31.5 Å². The summed E-state index contributed by atoms with van der Waals surface area (Å²) >= 11 is 0. The van der Waals surface area contributed by atoms with E-state index in [9.17, 15) is 26.4 Å². The highest BCUT2D eigenvalue weighted by atomic mass is 32.2. The molecule has 3 aromatic rings. The first-order chi connectivity index (χ1) is 14.5. The number of hydrogen-bond donors (Lipinski definition) is 2. The van der Waals surface area contributed by atoms with Crippen molar-refractivity contribution in [2.75, 3.05) is 10.0 Å². The molecule has 0 saturated carbocycles. The Morgan fingerprint density at radius 2 is 1.71 bits per heavy atom. The summed E-state index contributed by atoms with van der Waals surface area (Å²) < 4.78 is 67.6. The zero-order chi connectivity index (χ0) is 22.8. The molecule has 0 aliphatic carbocycles. The first-order valence-corrected chi connectivity index (χ1v) is 10.5. The van der Waals surface area contributed by atoms with E-state index >= 15 is 0 Å². The van der Waals surface area contributed by atoms with Gasteiger partial charge in [0, 0.05) is 18.7 Å². The second-order valence-corrected chi connectivity index (χ2v) is 8.42. The van der Waals surface area contributed by atoms with Crippen LogP contribution in [0.2, 0.25) is 0 Å². The summed E-state index contributed by atoms with van der Waals surface area (Å²) in [4.78, 5) is 14.4. The Balaban J connectivity index is 2.00. The van der Waals surface area contributed by atoms with Gasteiger partial charge in [0.1, 0.15) is 0 Å². The van der Waals surface area contributed by atoms with E-state index in [1.54, 1.807) is 25.1 Å². The lowest BCUT2D eigenvalue weighted by Crippen LogP contribution is -2.19. The van der Waals surface area contributed by atoms with E-state index in [-0.39, 0.29) is 11.6 Å². The number of nitrogens with zero attached hydrogens (tertiary/aromatic N) is 1. The van der Waals surface area contributed by atoms with Crippen LogP contribution in [0.3, 0.4) is 0 Å². The van der Waals surface area contributed by atoms with Crippen molar-refractivity contribution in [3.05, 3.63) is 72.1 Å². The quantitative estimate of drug-likeness (QED) is 0.584. The molecule has 3 rings (SSSR count). The molecular formula is C21H18F3N3O3S. The van der Waals surface area contributed by atoms with Gasteiger partial charge in [-0.1, -0.05) is 24.3 Å². The van der Waals surface area contributed by atoms with Crippen molar-refractivity contribution in [3.8, 4) is 11.1 Å². The molecule has 162 valence electrons. The summed E-state index contributed by atoms with van der Waals surface area (Å²) in [6, 6.07) is 10.5. The van der Waals surface area contributed by atoms with Crippen molar-refractivity contribution in [2.24, 2.45) is 0 Å². The van der Waals surface area contributed by atoms with Gasteiger partial charge in [0.05, 0.1) is 28.0 Å². The van der Waals surface area contributed by atoms with E-state index in [0.29, 0.717) is 22.4 Å². The molecule has 0 aliphatic rings. The number of rotatable bonds is 5. The van der Waals surface area contributed by atoms with Crippen molar-refractivity contribution in [2.45, 2.75) is 24.9 Å². The van der Waals surface area contributed by atoms with Gasteiger partial charge in [0.15, 0.2) is 0 Å². The fourth-order valence-corrected chi connectivity index (χ4v) is 4.27. The molecule has 0 bridgehead atoms. The second kappa shape index (κ2) is 8.38. The van der Waals surface area contributed by atoms with E-state index in [1.807, 2.05) is 0 Å². The molecule has 0 atom stereocenters. The number of benzene rings is 2. The second-order valence-electron chi connectivity index (χ2n) is 6.77. The number of alkyl halides is 3. The fraction of sp³-hybridized carbons (Fsp3) is 0.143. The van der Waals surface area contributed by atoms with Gasteiger partial charge in [-0.25, -0.2) is 8.42 Å². The third-order valence-electron chi connectivity index (χ3n) is 4.36. The smallest absolute Gasteiger partial charge is 0.325 e. The Kier molecular flexibility index (Phi) is 6.03. The van der Waals surface area contributed by atoms with Crippen LogP contribution < -0.4 is 10.0 Å². The number of anilines is 2. The summed E-state index contributed by atoms with van der Waals surface area (Å²) in [5.74, 6) is -0.278. The Morgan fingerprint density at radius 3 is 2.39 bits per heavy atom. The van der Waals surface area contributed by atoms with Gasteiger partial charge in [-0.2, -0.15) is 13.2 Å². The van der Waals surface area contributed by atoms with Gasteiger partial charge in [-0.05, 0) is 42.3 Å². The highest BCUT2D eigenvalue weighted by Crippen LogP contribution is 2.35. The number of aryl methyl sites for hydroxylation is 1. The number of carbonyl (C=O) groups is 1. The number of nitrogens with one attached hydrogen (secondary N) is 2. The molecule has 0 saturated heterocycles. The van der Waals surface area contributed by atoms with E-state index in [2.05, 4.69) is 15.0 Å². The number of aromatic nitrogens is 1. The molecular weight excluding hydrogens is 431 g/mol. The monoisotopic (exact) mass is 449 g/mol. The molecule has 31 heavy (non-hydrogen) atoms. The van der Waals surface area contributed by atoms with Crippen LogP contribution in [-0.4, -0.2) is 19.3 Å². The molecule has 6 nitrogen and oxygen atoms in total. The zero-order valence-corrected chi connectivity index (χ0v) is 17.3. The number of sulfonamides is 1. The molecule has 0 unspecified atom stereocenters. The average Bonchev–Trinajstić information content (AvgIpc) is 2.68. The minimum absolute atomic E-state index is 0.124. The normalized spacial score (nSPS) is 11.8. The molecule has 2 N–H and O–H groups in total. The zero-order valence-electron chi connectivity index (χ0n) is 16.5.